The van der Waals surface area contributed by atoms with Crippen LogP contribution in [-0.4, -0.2) is 46.6 Å². The Morgan fingerprint density at radius 1 is 1.11 bits per heavy atom. The summed E-state index contributed by atoms with van der Waals surface area (Å²) in [6.45, 7) is 4.64. The van der Waals surface area contributed by atoms with Gasteiger partial charge in [-0.3, -0.25) is 4.79 Å². The normalized spacial score (nSPS) is 17.4. The molecule has 1 aromatic carbocycles. The van der Waals surface area contributed by atoms with E-state index in [9.17, 15) is 4.79 Å². The van der Waals surface area contributed by atoms with Crippen LogP contribution in [0.4, 0.5) is 17.2 Å². The van der Waals surface area contributed by atoms with Crippen molar-refractivity contribution in [2.45, 2.75) is 32.4 Å². The second kappa shape index (κ2) is 8.95. The molecule has 8 nitrogen and oxygen atoms in total. The number of likely N-dealkylation sites (N-methyl/N-ethyl adjacent to an activating group) is 1. The molecular weight excluding hydrogens is 450 g/mol. The van der Waals surface area contributed by atoms with Gasteiger partial charge in [0.1, 0.15) is 11.5 Å². The van der Waals surface area contributed by atoms with E-state index in [0.29, 0.717) is 18.2 Å². The molecular formula is C28H31N7O. The molecule has 0 bridgehead atoms. The standard InChI is InChI=1S/C28H31N7O/c1-17-15-34(3)27-25(17)21(10-11-30-27)20-7-8-23(26-22(20)14-32-28(26)36)33-24-9-6-19(13-31-24)35-12-4-5-18(16-35)29-2/h6-11,13,15,18,29H,4-5,12,14,16H2,1-3H3,(H,31,33)(H,32,36)/t18-/m1/s1. The number of hydrogen-bond acceptors (Lipinski definition) is 6. The fourth-order valence-corrected chi connectivity index (χ4v) is 5.68. The predicted octanol–water partition coefficient (Wildman–Crippen LogP) is 4.12. The molecule has 0 radical (unpaired) electrons. The van der Waals surface area contributed by atoms with Crippen molar-refractivity contribution in [2.75, 3.05) is 30.4 Å². The first-order valence-corrected chi connectivity index (χ1v) is 12.5. The quantitative estimate of drug-likeness (QED) is 0.398. The lowest BCUT2D eigenvalue weighted by Crippen LogP contribution is -2.44. The smallest absolute Gasteiger partial charge is 0.254 e. The molecule has 2 aliphatic rings. The topological polar surface area (TPSA) is 87.1 Å². The van der Waals surface area contributed by atoms with Crippen LogP contribution < -0.4 is 20.9 Å². The molecule has 0 aliphatic carbocycles. The summed E-state index contributed by atoms with van der Waals surface area (Å²) in [5.41, 5.74) is 7.85. The fourth-order valence-electron chi connectivity index (χ4n) is 5.68. The molecule has 1 saturated heterocycles. The molecule has 184 valence electrons. The van der Waals surface area contributed by atoms with Crippen molar-refractivity contribution in [3.8, 4) is 11.1 Å². The van der Waals surface area contributed by atoms with E-state index in [2.05, 4.69) is 56.1 Å². The maximum Gasteiger partial charge on any atom is 0.254 e. The second-order valence-corrected chi connectivity index (χ2v) is 9.78. The van der Waals surface area contributed by atoms with Gasteiger partial charge in [0.2, 0.25) is 0 Å². The van der Waals surface area contributed by atoms with Gasteiger partial charge in [-0.2, -0.15) is 0 Å². The van der Waals surface area contributed by atoms with Crippen LogP contribution in [0.3, 0.4) is 0 Å². The number of hydrogen-bond donors (Lipinski definition) is 3. The molecule has 36 heavy (non-hydrogen) atoms. The SMILES string of the molecule is CN[C@@H]1CCCN(c2ccc(Nc3ccc(-c4ccnc5c4c(C)cn5C)c4c3C(=O)NC4)nc2)C1. The van der Waals surface area contributed by atoms with Crippen LogP contribution in [0.1, 0.15) is 34.3 Å². The molecule has 1 amide bonds. The van der Waals surface area contributed by atoms with Crippen molar-refractivity contribution < 1.29 is 4.79 Å². The molecule has 3 N–H and O–H groups in total. The Kier molecular flexibility index (Phi) is 5.60. The number of carbonyl (C=O) groups is 1. The summed E-state index contributed by atoms with van der Waals surface area (Å²) in [6.07, 6.45) is 8.23. The van der Waals surface area contributed by atoms with Crippen molar-refractivity contribution in [3.63, 3.8) is 0 Å². The van der Waals surface area contributed by atoms with Crippen LogP contribution >= 0.6 is 0 Å². The number of benzene rings is 1. The molecule has 0 saturated carbocycles. The first-order chi connectivity index (χ1) is 17.5. The average molecular weight is 482 g/mol. The summed E-state index contributed by atoms with van der Waals surface area (Å²) in [6, 6.07) is 10.7. The molecule has 1 atom stereocenters. The molecule has 2 aliphatic heterocycles. The number of fused-ring (bicyclic) bond motifs is 2. The number of aryl methyl sites for hydroxylation is 2. The fraction of sp³-hybridized carbons (Fsp3) is 0.321. The Morgan fingerprint density at radius 2 is 2.00 bits per heavy atom. The zero-order valence-corrected chi connectivity index (χ0v) is 20.9. The Balaban J connectivity index is 1.32. The van der Waals surface area contributed by atoms with E-state index < -0.39 is 0 Å². The van der Waals surface area contributed by atoms with Crippen molar-refractivity contribution in [1.82, 2.24) is 25.2 Å². The van der Waals surface area contributed by atoms with Crippen LogP contribution in [-0.2, 0) is 13.6 Å². The van der Waals surface area contributed by atoms with E-state index >= 15 is 0 Å². The molecule has 6 rings (SSSR count). The Labute approximate surface area is 210 Å². The van der Waals surface area contributed by atoms with Gasteiger partial charge in [0, 0.05) is 50.5 Å². The third kappa shape index (κ3) is 3.78. The lowest BCUT2D eigenvalue weighted by atomic mass is 9.93. The highest BCUT2D eigenvalue weighted by Gasteiger charge is 2.27. The molecule has 1 fully saturated rings. The van der Waals surface area contributed by atoms with Gasteiger partial charge >= 0.3 is 0 Å². The third-order valence-electron chi connectivity index (χ3n) is 7.51. The lowest BCUT2D eigenvalue weighted by molar-refractivity contribution is 0.0966. The number of carbonyl (C=O) groups excluding carboxylic acids is 1. The van der Waals surface area contributed by atoms with Crippen LogP contribution in [0.2, 0.25) is 0 Å². The number of amides is 1. The number of pyridine rings is 2. The highest BCUT2D eigenvalue weighted by molar-refractivity contribution is 6.07. The van der Waals surface area contributed by atoms with E-state index in [4.69, 9.17) is 0 Å². The minimum absolute atomic E-state index is 0.0625. The first-order valence-electron chi connectivity index (χ1n) is 12.5. The zero-order valence-electron chi connectivity index (χ0n) is 20.9. The summed E-state index contributed by atoms with van der Waals surface area (Å²) >= 11 is 0. The van der Waals surface area contributed by atoms with E-state index in [1.807, 2.05) is 49.3 Å². The Bertz CT molecular complexity index is 1460. The van der Waals surface area contributed by atoms with Gasteiger partial charge in [-0.25, -0.2) is 9.97 Å². The van der Waals surface area contributed by atoms with Gasteiger partial charge in [-0.05, 0) is 73.3 Å². The number of anilines is 3. The number of piperidine rings is 1. The summed E-state index contributed by atoms with van der Waals surface area (Å²) in [5, 5.41) is 10.9. The highest BCUT2D eigenvalue weighted by atomic mass is 16.1. The van der Waals surface area contributed by atoms with Crippen molar-refractivity contribution in [2.24, 2.45) is 7.05 Å². The molecule has 0 unspecified atom stereocenters. The predicted molar refractivity (Wildman–Crippen MR) is 144 cm³/mol. The number of aromatic nitrogens is 3. The molecule has 5 heterocycles. The molecule has 3 aromatic heterocycles. The first kappa shape index (κ1) is 22.5. The summed E-state index contributed by atoms with van der Waals surface area (Å²) in [7, 11) is 4.04. The van der Waals surface area contributed by atoms with Gasteiger partial charge < -0.3 is 25.4 Å². The monoisotopic (exact) mass is 481 g/mol. The van der Waals surface area contributed by atoms with Crippen molar-refractivity contribution >= 4 is 34.1 Å². The van der Waals surface area contributed by atoms with Gasteiger partial charge in [0.15, 0.2) is 0 Å². The summed E-state index contributed by atoms with van der Waals surface area (Å²) in [5.74, 6) is 0.660. The Morgan fingerprint density at radius 3 is 2.81 bits per heavy atom. The molecule has 8 heteroatoms. The van der Waals surface area contributed by atoms with Gasteiger partial charge in [-0.1, -0.05) is 6.07 Å². The highest BCUT2D eigenvalue weighted by Crippen LogP contribution is 2.38. The maximum absolute atomic E-state index is 12.9. The minimum atomic E-state index is -0.0625. The van der Waals surface area contributed by atoms with Gasteiger partial charge in [0.05, 0.1) is 23.1 Å². The molecule has 0 spiro atoms. The zero-order chi connectivity index (χ0) is 24.8. The van der Waals surface area contributed by atoms with Crippen LogP contribution in [0.15, 0.2) is 48.9 Å². The minimum Gasteiger partial charge on any atom is -0.369 e. The summed E-state index contributed by atoms with van der Waals surface area (Å²) in [4.78, 5) is 24.5. The number of nitrogens with zero attached hydrogens (tertiary/aromatic N) is 4. The van der Waals surface area contributed by atoms with Crippen LogP contribution in [0.5, 0.6) is 0 Å². The lowest BCUT2D eigenvalue weighted by Gasteiger charge is -2.34. The van der Waals surface area contributed by atoms with Gasteiger partial charge in [0.25, 0.3) is 5.91 Å². The van der Waals surface area contributed by atoms with Crippen molar-refractivity contribution in [1.29, 1.82) is 0 Å². The van der Waals surface area contributed by atoms with Crippen LogP contribution in [0, 0.1) is 6.92 Å². The van der Waals surface area contributed by atoms with E-state index in [-0.39, 0.29) is 5.91 Å². The Hall–Kier alpha value is -3.91. The largest absolute Gasteiger partial charge is 0.369 e. The third-order valence-corrected chi connectivity index (χ3v) is 7.51. The van der Waals surface area contributed by atoms with E-state index in [1.54, 1.807) is 0 Å². The molecule has 4 aromatic rings. The van der Waals surface area contributed by atoms with E-state index in [1.165, 1.54) is 18.4 Å². The maximum atomic E-state index is 12.9. The number of rotatable bonds is 5. The van der Waals surface area contributed by atoms with E-state index in [0.717, 1.165) is 58.0 Å². The average Bonchev–Trinajstić information content (AvgIpc) is 3.44. The summed E-state index contributed by atoms with van der Waals surface area (Å²) < 4.78 is 2.05. The van der Waals surface area contributed by atoms with Gasteiger partial charge in [-0.15, -0.1) is 0 Å². The second-order valence-electron chi connectivity index (χ2n) is 9.78. The van der Waals surface area contributed by atoms with Crippen molar-refractivity contribution in [3.05, 3.63) is 65.6 Å². The van der Waals surface area contributed by atoms with Crippen LogP contribution in [0.25, 0.3) is 22.2 Å². The number of nitrogens with one attached hydrogen (secondary N) is 3.